The Balaban J connectivity index is -0.0000000523. The maximum atomic E-state index is 3.78. The second-order valence-electron chi connectivity index (χ2n) is 12.3. The van der Waals surface area contributed by atoms with Crippen LogP contribution < -0.4 is 0 Å². The van der Waals surface area contributed by atoms with Crippen molar-refractivity contribution < 1.29 is 0 Å². The summed E-state index contributed by atoms with van der Waals surface area (Å²) >= 11 is 3.50. The molecule has 2 N–H and O–H groups in total. The number of hydrogen-bond donors (Lipinski definition) is 2. The van der Waals surface area contributed by atoms with Crippen LogP contribution in [0.5, 0.6) is 0 Å². The number of para-hydroxylation sites is 1. The predicted molar refractivity (Wildman–Crippen MR) is 441 cm³/mol. The van der Waals surface area contributed by atoms with Crippen LogP contribution in [0.25, 0.3) is 31.8 Å². The molecule has 0 unspecified atom stereocenters. The summed E-state index contributed by atoms with van der Waals surface area (Å²) in [5, 5.41) is 11.4. The molecule has 5 heterocycles. The fraction of sp³-hybridized carbons (Fsp3) is 0.476. The van der Waals surface area contributed by atoms with Gasteiger partial charge in [0.05, 0.1) is 6.33 Å². The normalized spacial score (nSPS) is 6.97. The monoisotopic (exact) mass is 1290 g/mol. The zero-order valence-electron chi connectivity index (χ0n) is 66.3. The van der Waals surface area contributed by atoms with Crippen molar-refractivity contribution in [3.05, 3.63) is 227 Å². The van der Waals surface area contributed by atoms with E-state index in [1.54, 1.807) is 53.8 Å². The van der Waals surface area contributed by atoms with Gasteiger partial charge in [-0.25, -0.2) is 4.98 Å². The Morgan fingerprint density at radius 3 is 0.900 bits per heavy atom. The number of imidazole rings is 1. The first-order valence-corrected chi connectivity index (χ1v) is 36.9. The molecule has 0 bridgehead atoms. The van der Waals surface area contributed by atoms with E-state index < -0.39 is 0 Å². The molecule has 0 saturated carbocycles. The van der Waals surface area contributed by atoms with Gasteiger partial charge in [-0.05, 0) is 137 Å². The van der Waals surface area contributed by atoms with Crippen molar-refractivity contribution in [2.24, 2.45) is 0 Å². The summed E-state index contributed by atoms with van der Waals surface area (Å²) in [4.78, 5) is 13.3. The molecule has 0 spiro atoms. The maximum Gasteiger partial charge on any atom is 0.0919 e. The molecule has 0 aliphatic heterocycles. The molecule has 0 aliphatic carbocycles. The van der Waals surface area contributed by atoms with E-state index in [2.05, 4.69) is 163 Å². The zero-order chi connectivity index (χ0) is 72.9. The van der Waals surface area contributed by atoms with Crippen molar-refractivity contribution in [3.8, 4) is 0 Å². The van der Waals surface area contributed by atoms with Crippen LogP contribution in [0.2, 0.25) is 0 Å². The third-order valence-corrected chi connectivity index (χ3v) is 10.1. The lowest BCUT2D eigenvalue weighted by Gasteiger charge is -2.10. The molecule has 524 valence electrons. The van der Waals surface area contributed by atoms with Crippen LogP contribution >= 0.6 is 22.7 Å². The van der Waals surface area contributed by atoms with Gasteiger partial charge in [0.1, 0.15) is 0 Å². The Morgan fingerprint density at radius 2 is 0.633 bits per heavy atom. The number of aromatic amines is 2. The van der Waals surface area contributed by atoms with Crippen molar-refractivity contribution in [2.75, 3.05) is 0 Å². The molecule has 0 atom stereocenters. The molecule has 90 heavy (non-hydrogen) atoms. The third-order valence-electron chi connectivity index (χ3n) is 8.62. The number of aryl methyl sites for hydroxylation is 2. The lowest BCUT2D eigenvalue weighted by atomic mass is 9.96. The van der Waals surface area contributed by atoms with Crippen LogP contribution in [0.15, 0.2) is 199 Å². The summed E-state index contributed by atoms with van der Waals surface area (Å²) in [7, 11) is 0. The van der Waals surface area contributed by atoms with E-state index in [1.165, 1.54) is 59.6 Å². The molecule has 5 aromatic heterocycles. The number of fused-ring (bicyclic) bond motifs is 3. The second kappa shape index (κ2) is 128. The number of aromatic nitrogens is 4. The predicted octanol–water partition coefficient (Wildman–Crippen LogP) is 32.5. The first-order valence-electron chi connectivity index (χ1n) is 35.1. The Hall–Kier alpha value is -6.08. The molecule has 5 aromatic carbocycles. The van der Waals surface area contributed by atoms with Gasteiger partial charge in [0.2, 0.25) is 0 Å². The number of nitrogens with zero attached hydrogens (tertiary/aromatic N) is 2. The van der Waals surface area contributed by atoms with Gasteiger partial charge in [-0.1, -0.05) is 352 Å². The van der Waals surface area contributed by atoms with Crippen molar-refractivity contribution >= 4 is 54.4 Å². The van der Waals surface area contributed by atoms with E-state index in [4.69, 9.17) is 0 Å². The van der Waals surface area contributed by atoms with Gasteiger partial charge in [0.15, 0.2) is 0 Å². The number of rotatable bonds is 0. The number of hydrogen-bond acceptors (Lipinski definition) is 4. The largest absolute Gasteiger partial charge is 0.361 e. The van der Waals surface area contributed by atoms with E-state index in [0.717, 1.165) is 0 Å². The minimum Gasteiger partial charge on any atom is -0.361 e. The Bertz CT molecular complexity index is 2140. The van der Waals surface area contributed by atoms with E-state index in [-0.39, 0.29) is 7.43 Å². The van der Waals surface area contributed by atoms with Gasteiger partial charge in [0, 0.05) is 41.2 Å². The molecule has 0 amide bonds. The highest BCUT2D eigenvalue weighted by molar-refractivity contribution is 7.17. The van der Waals surface area contributed by atoms with Crippen LogP contribution in [-0.4, -0.2) is 19.9 Å². The van der Waals surface area contributed by atoms with Crippen LogP contribution in [-0.2, 0) is 0 Å². The summed E-state index contributed by atoms with van der Waals surface area (Å²) in [6.45, 7) is 78.9. The quantitative estimate of drug-likeness (QED) is 0.159. The Kier molecular flexibility index (Phi) is 173. The Morgan fingerprint density at radius 1 is 0.289 bits per heavy atom. The van der Waals surface area contributed by atoms with Crippen molar-refractivity contribution in [1.29, 1.82) is 0 Å². The molecular formula is C84H156N4S2. The first-order chi connectivity index (χ1) is 43.9. The zero-order valence-corrected chi connectivity index (χ0v) is 67.9. The lowest BCUT2D eigenvalue weighted by Crippen LogP contribution is -1.93. The molecule has 4 nitrogen and oxygen atoms in total. The molecule has 10 rings (SSSR count). The number of benzene rings is 5. The van der Waals surface area contributed by atoms with Crippen molar-refractivity contribution in [3.63, 3.8) is 0 Å². The van der Waals surface area contributed by atoms with Crippen LogP contribution in [0, 0.1) is 34.6 Å². The molecule has 0 fully saturated rings. The topological polar surface area (TPSA) is 57.4 Å². The van der Waals surface area contributed by atoms with Gasteiger partial charge in [0.25, 0.3) is 0 Å². The molecule has 0 radical (unpaired) electrons. The van der Waals surface area contributed by atoms with Crippen LogP contribution in [0.1, 0.15) is 271 Å². The van der Waals surface area contributed by atoms with Gasteiger partial charge in [-0.3, -0.25) is 4.98 Å². The van der Waals surface area contributed by atoms with Gasteiger partial charge < -0.3 is 9.97 Å². The summed E-state index contributed by atoms with van der Waals surface area (Å²) in [6.07, 6.45) is 10.5. The summed E-state index contributed by atoms with van der Waals surface area (Å²) in [5.41, 5.74) is 8.34. The van der Waals surface area contributed by atoms with Crippen molar-refractivity contribution in [1.82, 2.24) is 19.9 Å². The number of pyridine rings is 1. The smallest absolute Gasteiger partial charge is 0.0919 e. The highest BCUT2D eigenvalue weighted by Crippen LogP contribution is 2.20. The Labute approximate surface area is 575 Å². The minimum atomic E-state index is 0. The molecule has 10 aromatic rings. The summed E-state index contributed by atoms with van der Waals surface area (Å²) in [6, 6.07) is 49.6. The lowest BCUT2D eigenvalue weighted by molar-refractivity contribution is 1.18. The highest BCUT2D eigenvalue weighted by atomic mass is 32.1. The second-order valence-corrected chi connectivity index (χ2v) is 14.1. The molecular weight excluding hydrogens is 1130 g/mol. The first kappa shape index (κ1) is 121. The molecule has 0 saturated heterocycles. The van der Waals surface area contributed by atoms with E-state index in [0.29, 0.717) is 0 Å². The summed E-state index contributed by atoms with van der Waals surface area (Å²) < 4.78 is 1.37. The SMILES string of the molecule is C.CC.CC.CC.CC.CC.CC.CC.CC.CC.CC.CC.CC.CC.CC.CC.CC.CC.Cc1cc(C)c(C)c(C)c1C.c1c[nH]cn1.c1ccc2[nH]ccc2c1.c1ccc2ccccc2c1.c1ccc2sccc2c1.c1ccncc1.c1ccsc1. The third kappa shape index (κ3) is 79.9. The highest BCUT2D eigenvalue weighted by Gasteiger charge is 2.02. The molecule has 0 aliphatic rings. The van der Waals surface area contributed by atoms with Gasteiger partial charge in [-0.15, -0.1) is 11.3 Å². The number of nitrogens with one attached hydrogen (secondary N) is 2. The minimum absolute atomic E-state index is 0. The average Bonchev–Trinajstić information content (AvgIpc) is 2.95. The van der Waals surface area contributed by atoms with Gasteiger partial charge in [-0.2, -0.15) is 11.3 Å². The van der Waals surface area contributed by atoms with E-state index in [9.17, 15) is 0 Å². The van der Waals surface area contributed by atoms with Crippen LogP contribution in [0.4, 0.5) is 0 Å². The standard InChI is InChI=1S/C11H16.C10H8.C8H7N.C8H6S.C5H5N.C4H4S.C3H4N2.17C2H6.CH4/c1-7-6-8(2)10(4)11(5)9(7)3;1-2-6-10-8-4-3-7-9(10)5-1;2*1-2-4-8-7(3-1)5-6-9-8;1-2-4-6-5-3-1;1-2-4-5-3-1;1-2-5-3-4-1;17*1-2;/h6H,1-5H3;1-8H;1-6,9H;1-6H;1-5H;1-4H;1-3H,(H,4,5);17*1-2H3;1H4. The van der Waals surface area contributed by atoms with Gasteiger partial charge >= 0.3 is 0 Å². The number of H-pyrrole nitrogens is 2. The van der Waals surface area contributed by atoms with E-state index in [1.807, 2.05) is 295 Å². The van der Waals surface area contributed by atoms with Crippen molar-refractivity contribution in [2.45, 2.75) is 277 Å². The molecule has 6 heteroatoms. The summed E-state index contributed by atoms with van der Waals surface area (Å²) in [5.74, 6) is 0. The average molecular weight is 1290 g/mol. The fourth-order valence-electron chi connectivity index (χ4n) is 5.20. The number of thiophene rings is 2. The van der Waals surface area contributed by atoms with Crippen LogP contribution in [0.3, 0.4) is 0 Å². The fourth-order valence-corrected chi connectivity index (χ4v) is 6.45. The maximum absolute atomic E-state index is 3.78. The van der Waals surface area contributed by atoms with E-state index >= 15 is 0 Å².